The summed E-state index contributed by atoms with van der Waals surface area (Å²) in [6.45, 7) is 0.558. The van der Waals surface area contributed by atoms with Gasteiger partial charge in [-0.1, -0.05) is 35.9 Å². The Labute approximate surface area is 195 Å². The van der Waals surface area contributed by atoms with Gasteiger partial charge >= 0.3 is 0 Å². The fourth-order valence-electron chi connectivity index (χ4n) is 3.94. The quantitative estimate of drug-likeness (QED) is 0.483. The van der Waals surface area contributed by atoms with E-state index >= 15 is 0 Å². The van der Waals surface area contributed by atoms with Gasteiger partial charge in [0.15, 0.2) is 12.2 Å². The second-order valence-electron chi connectivity index (χ2n) is 7.86. The maximum Gasteiger partial charge on any atom is 0.255 e. The third kappa shape index (κ3) is 5.22. The van der Waals surface area contributed by atoms with Crippen LogP contribution in [-0.4, -0.2) is 60.4 Å². The SMILES string of the molecule is O=C(NCc1ccc(-n2cncn2)cc1)[C@H](O)[C@@H](O)C(=O)N1CCCC1c1cccc(Cl)c1. The molecule has 1 fully saturated rings. The van der Waals surface area contributed by atoms with Crippen molar-refractivity contribution in [1.29, 1.82) is 0 Å². The number of amides is 2. The normalized spacial score (nSPS) is 17.5. The van der Waals surface area contributed by atoms with E-state index in [0.717, 1.165) is 23.2 Å². The molecule has 0 bridgehead atoms. The first-order valence-corrected chi connectivity index (χ1v) is 11.0. The van der Waals surface area contributed by atoms with Crippen molar-refractivity contribution in [2.45, 2.75) is 37.6 Å². The third-order valence-corrected chi connectivity index (χ3v) is 5.91. The van der Waals surface area contributed by atoms with Gasteiger partial charge in [-0.25, -0.2) is 9.67 Å². The van der Waals surface area contributed by atoms with Crippen LogP contribution in [0.15, 0.2) is 61.2 Å². The highest BCUT2D eigenvalue weighted by atomic mass is 35.5. The standard InChI is InChI=1S/C23H24ClN5O4/c24-17-4-1-3-16(11-17)19-5-2-10-28(19)23(33)21(31)20(30)22(32)26-12-15-6-8-18(9-7-15)29-14-25-13-27-29/h1,3-4,6-9,11,13-14,19-21,30-31H,2,5,10,12H2,(H,26,32)/t19?,20-,21-/m1/s1. The van der Waals surface area contributed by atoms with E-state index in [1.54, 1.807) is 41.3 Å². The number of benzene rings is 2. The molecule has 3 aromatic rings. The van der Waals surface area contributed by atoms with E-state index in [-0.39, 0.29) is 12.6 Å². The molecule has 33 heavy (non-hydrogen) atoms. The maximum absolute atomic E-state index is 12.9. The van der Waals surface area contributed by atoms with Crippen LogP contribution < -0.4 is 5.32 Å². The van der Waals surface area contributed by atoms with E-state index in [1.807, 2.05) is 18.2 Å². The van der Waals surface area contributed by atoms with E-state index in [2.05, 4.69) is 15.4 Å². The number of nitrogens with one attached hydrogen (secondary N) is 1. The van der Waals surface area contributed by atoms with Gasteiger partial charge in [0.2, 0.25) is 0 Å². The van der Waals surface area contributed by atoms with Crippen molar-refractivity contribution in [3.8, 4) is 5.69 Å². The minimum Gasteiger partial charge on any atom is -0.380 e. The van der Waals surface area contributed by atoms with Crippen molar-refractivity contribution in [1.82, 2.24) is 25.0 Å². The van der Waals surface area contributed by atoms with Crippen LogP contribution in [0.3, 0.4) is 0 Å². The first-order valence-electron chi connectivity index (χ1n) is 10.6. The molecule has 3 N–H and O–H groups in total. The number of nitrogens with zero attached hydrogens (tertiary/aromatic N) is 4. The molecule has 10 heteroatoms. The number of aliphatic hydroxyl groups is 2. The molecule has 4 rings (SSSR count). The predicted molar refractivity (Wildman–Crippen MR) is 120 cm³/mol. The monoisotopic (exact) mass is 469 g/mol. The number of hydrogen-bond donors (Lipinski definition) is 3. The largest absolute Gasteiger partial charge is 0.380 e. The molecule has 1 saturated heterocycles. The van der Waals surface area contributed by atoms with E-state index in [9.17, 15) is 19.8 Å². The molecular formula is C23H24ClN5O4. The summed E-state index contributed by atoms with van der Waals surface area (Å²) in [6.07, 6.45) is 0.727. The van der Waals surface area contributed by atoms with Gasteiger partial charge in [0.05, 0.1) is 11.7 Å². The van der Waals surface area contributed by atoms with E-state index in [1.165, 1.54) is 11.2 Å². The minimum atomic E-state index is -1.88. The molecule has 1 aliphatic rings. The summed E-state index contributed by atoms with van der Waals surface area (Å²) >= 11 is 6.07. The number of halogens is 1. The van der Waals surface area contributed by atoms with Gasteiger partial charge in [-0.15, -0.1) is 0 Å². The molecule has 2 aromatic carbocycles. The molecule has 9 nitrogen and oxygen atoms in total. The Bertz CT molecular complexity index is 1110. The van der Waals surface area contributed by atoms with Gasteiger partial charge in [0, 0.05) is 18.1 Å². The number of aliphatic hydroxyl groups excluding tert-OH is 2. The fourth-order valence-corrected chi connectivity index (χ4v) is 4.14. The highest BCUT2D eigenvalue weighted by Crippen LogP contribution is 2.33. The molecule has 2 heterocycles. The maximum atomic E-state index is 12.9. The Balaban J connectivity index is 1.34. The summed E-state index contributed by atoms with van der Waals surface area (Å²) in [5.41, 5.74) is 2.44. The molecule has 172 valence electrons. The zero-order chi connectivity index (χ0) is 23.4. The Morgan fingerprint density at radius 2 is 1.94 bits per heavy atom. The number of rotatable bonds is 7. The number of carbonyl (C=O) groups excluding carboxylic acids is 2. The number of likely N-dealkylation sites (tertiary alicyclic amines) is 1. The smallest absolute Gasteiger partial charge is 0.255 e. The first-order chi connectivity index (χ1) is 15.9. The van der Waals surface area contributed by atoms with Gasteiger partial charge in [-0.3, -0.25) is 9.59 Å². The van der Waals surface area contributed by atoms with Crippen molar-refractivity contribution in [2.24, 2.45) is 0 Å². The van der Waals surface area contributed by atoms with Gasteiger partial charge < -0.3 is 20.4 Å². The summed E-state index contributed by atoms with van der Waals surface area (Å²) in [7, 11) is 0. The molecule has 0 saturated carbocycles. The van der Waals surface area contributed by atoms with Gasteiger partial charge in [-0.05, 0) is 48.2 Å². The number of aromatic nitrogens is 3. The van der Waals surface area contributed by atoms with Crippen LogP contribution in [0.1, 0.15) is 30.0 Å². The summed E-state index contributed by atoms with van der Waals surface area (Å²) in [6, 6.07) is 14.2. The van der Waals surface area contributed by atoms with E-state index in [4.69, 9.17) is 11.6 Å². The Morgan fingerprint density at radius 1 is 1.15 bits per heavy atom. The van der Waals surface area contributed by atoms with Crippen LogP contribution in [0.4, 0.5) is 0 Å². The molecular weight excluding hydrogens is 446 g/mol. The molecule has 3 atom stereocenters. The summed E-state index contributed by atoms with van der Waals surface area (Å²) in [5.74, 6) is -1.51. The van der Waals surface area contributed by atoms with E-state index in [0.29, 0.717) is 18.0 Å². The zero-order valence-corrected chi connectivity index (χ0v) is 18.5. The molecule has 1 aromatic heterocycles. The minimum absolute atomic E-state index is 0.128. The zero-order valence-electron chi connectivity index (χ0n) is 17.7. The Kier molecular flexibility index (Phi) is 7.02. The first kappa shape index (κ1) is 22.9. The molecule has 0 radical (unpaired) electrons. The molecule has 2 amide bonds. The van der Waals surface area contributed by atoms with Crippen molar-refractivity contribution in [3.63, 3.8) is 0 Å². The molecule has 0 spiro atoms. The van der Waals surface area contributed by atoms with Crippen LogP contribution in [0.2, 0.25) is 5.02 Å². The third-order valence-electron chi connectivity index (χ3n) is 5.68. The van der Waals surface area contributed by atoms with Gasteiger partial charge in [0.1, 0.15) is 12.7 Å². The van der Waals surface area contributed by atoms with Crippen molar-refractivity contribution in [2.75, 3.05) is 6.54 Å². The average Bonchev–Trinajstić information content (AvgIpc) is 3.54. The van der Waals surface area contributed by atoms with Crippen molar-refractivity contribution in [3.05, 3.63) is 77.3 Å². The summed E-state index contributed by atoms with van der Waals surface area (Å²) in [5, 5.41) is 27.9. The van der Waals surface area contributed by atoms with Crippen LogP contribution in [0.5, 0.6) is 0 Å². The lowest BCUT2D eigenvalue weighted by atomic mass is 10.0. The second kappa shape index (κ2) is 10.1. The highest BCUT2D eigenvalue weighted by Gasteiger charge is 2.38. The van der Waals surface area contributed by atoms with Crippen LogP contribution in [0.25, 0.3) is 5.69 Å². The topological polar surface area (TPSA) is 121 Å². The lowest BCUT2D eigenvalue weighted by molar-refractivity contribution is -0.153. The van der Waals surface area contributed by atoms with E-state index < -0.39 is 24.0 Å². The number of hydrogen-bond acceptors (Lipinski definition) is 6. The molecule has 1 aliphatic heterocycles. The summed E-state index contributed by atoms with van der Waals surface area (Å²) < 4.78 is 1.60. The van der Waals surface area contributed by atoms with Gasteiger partial charge in [-0.2, -0.15) is 5.10 Å². The highest BCUT2D eigenvalue weighted by molar-refractivity contribution is 6.30. The Hall–Kier alpha value is -3.27. The summed E-state index contributed by atoms with van der Waals surface area (Å²) in [4.78, 5) is 30.7. The van der Waals surface area contributed by atoms with Crippen molar-refractivity contribution < 1.29 is 19.8 Å². The fraction of sp³-hybridized carbons (Fsp3) is 0.304. The molecule has 1 unspecified atom stereocenters. The number of carbonyl (C=O) groups is 2. The lowest BCUT2D eigenvalue weighted by Crippen LogP contribution is -2.50. The second-order valence-corrected chi connectivity index (χ2v) is 8.30. The van der Waals surface area contributed by atoms with Crippen LogP contribution >= 0.6 is 11.6 Å². The average molecular weight is 470 g/mol. The predicted octanol–water partition coefficient (Wildman–Crippen LogP) is 1.62. The lowest BCUT2D eigenvalue weighted by Gasteiger charge is -2.28. The molecule has 0 aliphatic carbocycles. The van der Waals surface area contributed by atoms with Gasteiger partial charge in [0.25, 0.3) is 11.8 Å². The Morgan fingerprint density at radius 3 is 2.64 bits per heavy atom. The van der Waals surface area contributed by atoms with Crippen molar-refractivity contribution >= 4 is 23.4 Å². The van der Waals surface area contributed by atoms with Crippen LogP contribution in [0, 0.1) is 0 Å². The van der Waals surface area contributed by atoms with Crippen LogP contribution in [-0.2, 0) is 16.1 Å².